The number of guanidine groups is 4. The van der Waals surface area contributed by atoms with Gasteiger partial charge >= 0.3 is 0 Å². The molecule has 2 rings (SSSR count). The van der Waals surface area contributed by atoms with Crippen LogP contribution in [0.15, 0.2) is 68.5 Å². The molecule has 0 bridgehead atoms. The van der Waals surface area contributed by atoms with E-state index in [-0.39, 0.29) is 36.2 Å². The average molecular weight is 602 g/mol. The molecule has 0 amide bonds. The minimum atomic E-state index is -0.833. The molecule has 0 spiro atoms. The third-order valence-electron chi connectivity index (χ3n) is 4.32. The Balaban J connectivity index is 0.00000269. The van der Waals surface area contributed by atoms with Crippen molar-refractivity contribution in [1.29, 1.82) is 0 Å². The Hall–Kier alpha value is -3.74. The van der Waals surface area contributed by atoms with Crippen molar-refractivity contribution in [3.8, 4) is 0 Å². The van der Waals surface area contributed by atoms with Crippen LogP contribution in [0.4, 0.5) is 11.4 Å². The lowest BCUT2D eigenvalue weighted by Crippen LogP contribution is -2.26. The van der Waals surface area contributed by atoms with Gasteiger partial charge in [-0.1, -0.05) is 36.0 Å². The van der Waals surface area contributed by atoms with Crippen molar-refractivity contribution in [2.75, 3.05) is 23.7 Å². The van der Waals surface area contributed by atoms with Crippen molar-refractivity contribution in [2.24, 2.45) is 42.9 Å². The number of halogens is 3. The first-order valence-corrected chi connectivity index (χ1v) is 12.3. The van der Waals surface area contributed by atoms with Gasteiger partial charge in [0.25, 0.3) is 5.97 Å². The van der Waals surface area contributed by atoms with Gasteiger partial charge in [0.15, 0.2) is 0 Å². The molecule has 11 N–H and O–H groups in total. The number of carbonyl (C=O) groups is 1. The van der Waals surface area contributed by atoms with Gasteiger partial charge in [-0.05, 0) is 61.4 Å². The molecule has 39 heavy (non-hydrogen) atoms. The smallest absolute Gasteiger partial charge is 0.300 e. The minimum Gasteiger partial charge on any atom is -0.481 e. The summed E-state index contributed by atoms with van der Waals surface area (Å²) in [5.74, 6) is -0.269. The van der Waals surface area contributed by atoms with Crippen LogP contribution in [0.25, 0.3) is 0 Å². The van der Waals surface area contributed by atoms with E-state index in [4.69, 9.17) is 56.0 Å². The number of hydrogen-bond donors (Lipinski definition) is 7. The van der Waals surface area contributed by atoms with Gasteiger partial charge in [-0.15, -0.1) is 12.4 Å². The van der Waals surface area contributed by atoms with Crippen LogP contribution >= 0.6 is 35.6 Å². The SMILES string of the molecule is CC(=O)O.Cl.NC(=NCCCCCCN=C(N)N=C(N)Nc1ccc(Cl)cc1)N=C(N)Nc1ccc(Cl)cc1. The fourth-order valence-electron chi connectivity index (χ4n) is 2.70. The van der Waals surface area contributed by atoms with Crippen LogP contribution in [0.1, 0.15) is 32.6 Å². The lowest BCUT2D eigenvalue weighted by atomic mass is 10.2. The fraction of sp³-hybridized carbons (Fsp3) is 0.292. The molecule has 0 saturated heterocycles. The van der Waals surface area contributed by atoms with Crippen LogP contribution in [-0.2, 0) is 4.79 Å². The molecular formula is C24H35Cl3N10O2. The number of aliphatic imine (C=N–C) groups is 4. The van der Waals surface area contributed by atoms with Crippen molar-refractivity contribution < 1.29 is 9.90 Å². The number of unbranched alkanes of at least 4 members (excludes halogenated alkanes) is 3. The molecule has 0 aliphatic rings. The van der Waals surface area contributed by atoms with Gasteiger partial charge in [0.1, 0.15) is 0 Å². The van der Waals surface area contributed by atoms with Gasteiger partial charge in [0.2, 0.25) is 23.8 Å². The lowest BCUT2D eigenvalue weighted by molar-refractivity contribution is -0.134. The van der Waals surface area contributed by atoms with Gasteiger partial charge in [0.05, 0.1) is 0 Å². The summed E-state index contributed by atoms with van der Waals surface area (Å²) in [6.45, 7) is 2.21. The van der Waals surface area contributed by atoms with Gasteiger partial charge in [-0.25, -0.2) is 0 Å². The Morgan fingerprint density at radius 2 is 1.03 bits per heavy atom. The predicted molar refractivity (Wildman–Crippen MR) is 165 cm³/mol. The van der Waals surface area contributed by atoms with E-state index in [0.717, 1.165) is 44.0 Å². The summed E-state index contributed by atoms with van der Waals surface area (Å²) >= 11 is 11.7. The second-order valence-corrected chi connectivity index (χ2v) is 8.54. The van der Waals surface area contributed by atoms with Crippen LogP contribution in [0.5, 0.6) is 0 Å². The van der Waals surface area contributed by atoms with Gasteiger partial charge in [-0.3, -0.25) is 14.8 Å². The van der Waals surface area contributed by atoms with Crippen molar-refractivity contribution in [1.82, 2.24) is 0 Å². The Labute approximate surface area is 244 Å². The largest absolute Gasteiger partial charge is 0.481 e. The highest BCUT2D eigenvalue weighted by Crippen LogP contribution is 2.13. The number of aliphatic carboxylic acids is 1. The van der Waals surface area contributed by atoms with E-state index in [1.165, 1.54) is 0 Å². The van der Waals surface area contributed by atoms with E-state index >= 15 is 0 Å². The number of nitrogens with one attached hydrogen (secondary N) is 2. The molecule has 0 heterocycles. The molecule has 0 aliphatic heterocycles. The molecule has 2 aromatic rings. The number of rotatable bonds is 9. The first kappa shape index (κ1) is 35.3. The Morgan fingerprint density at radius 1 is 0.718 bits per heavy atom. The number of carboxylic acid groups (broad SMARTS) is 1. The summed E-state index contributed by atoms with van der Waals surface area (Å²) < 4.78 is 0. The summed E-state index contributed by atoms with van der Waals surface area (Å²) in [7, 11) is 0. The van der Waals surface area contributed by atoms with Crippen LogP contribution in [0, 0.1) is 0 Å². The van der Waals surface area contributed by atoms with Crippen LogP contribution in [0.3, 0.4) is 0 Å². The molecule has 12 nitrogen and oxygen atoms in total. The molecular weight excluding hydrogens is 567 g/mol. The van der Waals surface area contributed by atoms with Crippen LogP contribution < -0.4 is 33.6 Å². The first-order chi connectivity index (χ1) is 18.0. The summed E-state index contributed by atoms with van der Waals surface area (Å²) in [6.07, 6.45) is 3.68. The molecule has 214 valence electrons. The maximum Gasteiger partial charge on any atom is 0.300 e. The van der Waals surface area contributed by atoms with E-state index in [9.17, 15) is 0 Å². The third kappa shape index (κ3) is 19.1. The molecule has 0 saturated carbocycles. The van der Waals surface area contributed by atoms with Gasteiger partial charge in [0, 0.05) is 41.4 Å². The molecule has 0 aromatic heterocycles. The molecule has 2 aromatic carbocycles. The standard InChI is InChI=1S/C22H30Cl2N10.C2H4O2.ClH/c23-15-5-9-17(10-6-15)31-21(27)33-19(25)29-13-3-1-2-4-14-30-20(26)34-22(28)32-18-11-7-16(24)8-12-18;1-2(3)4;/h5-12H,1-4,13-14H2,(H5,25,27,29,31,33)(H5,26,28,30,32,34);1H3,(H,3,4);1H. The van der Waals surface area contributed by atoms with E-state index < -0.39 is 5.97 Å². The number of nitrogens with zero attached hydrogens (tertiary/aromatic N) is 4. The van der Waals surface area contributed by atoms with Crippen molar-refractivity contribution in [3.05, 3.63) is 58.6 Å². The zero-order chi connectivity index (χ0) is 28.3. The monoisotopic (exact) mass is 600 g/mol. The number of hydrogen-bond acceptors (Lipinski definition) is 3. The number of nitrogens with two attached hydrogens (primary N) is 4. The zero-order valence-corrected chi connectivity index (χ0v) is 23.8. The van der Waals surface area contributed by atoms with Crippen molar-refractivity contribution in [3.63, 3.8) is 0 Å². The molecule has 0 fully saturated rings. The van der Waals surface area contributed by atoms with E-state index in [2.05, 4.69) is 30.6 Å². The molecule has 0 atom stereocenters. The number of carboxylic acids is 1. The van der Waals surface area contributed by atoms with E-state index in [0.29, 0.717) is 23.1 Å². The Kier molecular flexibility index (Phi) is 18.3. The second-order valence-electron chi connectivity index (χ2n) is 7.67. The maximum atomic E-state index is 9.00. The van der Waals surface area contributed by atoms with Gasteiger partial charge < -0.3 is 38.7 Å². The molecule has 0 radical (unpaired) electrons. The summed E-state index contributed by atoms with van der Waals surface area (Å²) in [4.78, 5) is 25.5. The van der Waals surface area contributed by atoms with E-state index in [1.54, 1.807) is 48.5 Å². The molecule has 0 aliphatic carbocycles. The highest BCUT2D eigenvalue weighted by molar-refractivity contribution is 6.31. The van der Waals surface area contributed by atoms with Crippen LogP contribution in [0.2, 0.25) is 10.0 Å². The topological polar surface area (TPSA) is 215 Å². The third-order valence-corrected chi connectivity index (χ3v) is 4.82. The summed E-state index contributed by atoms with van der Waals surface area (Å²) in [5, 5.41) is 14.5. The van der Waals surface area contributed by atoms with Crippen molar-refractivity contribution in [2.45, 2.75) is 32.6 Å². The number of benzene rings is 2. The molecule has 15 heteroatoms. The summed E-state index contributed by atoms with van der Waals surface area (Å²) in [6, 6.07) is 14.1. The number of anilines is 2. The average Bonchev–Trinajstić information content (AvgIpc) is 2.83. The predicted octanol–water partition coefficient (Wildman–Crippen LogP) is 3.85. The zero-order valence-electron chi connectivity index (χ0n) is 21.5. The summed E-state index contributed by atoms with van der Waals surface area (Å²) in [5.41, 5.74) is 24.8. The van der Waals surface area contributed by atoms with Crippen molar-refractivity contribution >= 4 is 76.8 Å². The Morgan fingerprint density at radius 3 is 1.33 bits per heavy atom. The second kappa shape index (κ2) is 20.3. The molecule has 0 unspecified atom stereocenters. The highest BCUT2D eigenvalue weighted by Gasteiger charge is 1.99. The van der Waals surface area contributed by atoms with Gasteiger partial charge in [-0.2, -0.15) is 9.98 Å². The fourth-order valence-corrected chi connectivity index (χ4v) is 2.95. The lowest BCUT2D eigenvalue weighted by Gasteiger charge is -2.05. The quantitative estimate of drug-likeness (QED) is 0.127. The highest BCUT2D eigenvalue weighted by atomic mass is 35.5. The minimum absolute atomic E-state index is 0. The maximum absolute atomic E-state index is 9.00. The van der Waals surface area contributed by atoms with Crippen LogP contribution in [-0.4, -0.2) is 48.0 Å². The Bertz CT molecular complexity index is 1030. The normalized spacial score (nSPS) is 12.1. The van der Waals surface area contributed by atoms with E-state index in [1.807, 2.05) is 0 Å². The first-order valence-electron chi connectivity index (χ1n) is 11.6.